The van der Waals surface area contributed by atoms with E-state index in [-0.39, 0.29) is 17.0 Å². The van der Waals surface area contributed by atoms with Gasteiger partial charge in [-0.1, -0.05) is 6.07 Å². The Morgan fingerprint density at radius 3 is 2.25 bits per heavy atom. The third-order valence-corrected chi connectivity index (χ3v) is 6.18. The molecule has 6 heteroatoms. The zero-order valence-corrected chi connectivity index (χ0v) is 14.6. The van der Waals surface area contributed by atoms with E-state index in [1.54, 1.807) is 12.1 Å². The topological polar surface area (TPSA) is 47.6 Å². The number of rotatable bonds is 3. The predicted molar refractivity (Wildman–Crippen MR) is 89.7 cm³/mol. The van der Waals surface area contributed by atoms with Crippen molar-refractivity contribution in [3.05, 3.63) is 29.6 Å². The number of benzene rings is 1. The average Bonchev–Trinajstić information content (AvgIpc) is 2.61. The van der Waals surface area contributed by atoms with Crippen molar-refractivity contribution in [1.29, 1.82) is 0 Å². The van der Waals surface area contributed by atoms with E-state index in [0.717, 1.165) is 25.2 Å². The first-order chi connectivity index (χ1) is 11.1. The highest BCUT2D eigenvalue weighted by atomic mass is 19.1. The Morgan fingerprint density at radius 2 is 1.75 bits per heavy atom. The summed E-state index contributed by atoms with van der Waals surface area (Å²) in [5.41, 5.74) is -0.292. The molecule has 24 heavy (non-hydrogen) atoms. The van der Waals surface area contributed by atoms with Crippen LogP contribution in [0.1, 0.15) is 57.3 Å². The molecule has 4 nitrogen and oxygen atoms in total. The van der Waals surface area contributed by atoms with Gasteiger partial charge in [0.05, 0.1) is 16.8 Å². The second kappa shape index (κ2) is 4.82. The third kappa shape index (κ3) is 2.31. The van der Waals surface area contributed by atoms with Crippen molar-refractivity contribution in [1.82, 2.24) is 5.32 Å². The highest BCUT2D eigenvalue weighted by molar-refractivity contribution is 6.62. The van der Waals surface area contributed by atoms with E-state index in [9.17, 15) is 9.18 Å². The van der Waals surface area contributed by atoms with Crippen molar-refractivity contribution in [3.8, 4) is 0 Å². The molecule has 1 saturated heterocycles. The molecule has 0 unspecified atom stereocenters. The molecule has 0 radical (unpaired) electrons. The molecule has 1 N–H and O–H groups in total. The van der Waals surface area contributed by atoms with Crippen LogP contribution in [0.2, 0.25) is 0 Å². The molecule has 128 valence electrons. The summed E-state index contributed by atoms with van der Waals surface area (Å²) in [6, 6.07) is 4.49. The molecule has 0 spiro atoms. The lowest BCUT2D eigenvalue weighted by Gasteiger charge is -2.61. The Hall–Kier alpha value is -1.40. The van der Waals surface area contributed by atoms with E-state index in [0.29, 0.717) is 5.46 Å². The van der Waals surface area contributed by atoms with Crippen molar-refractivity contribution in [2.24, 2.45) is 5.92 Å². The fourth-order valence-corrected chi connectivity index (χ4v) is 3.78. The monoisotopic (exact) mass is 331 g/mol. The zero-order valence-electron chi connectivity index (χ0n) is 14.6. The smallest absolute Gasteiger partial charge is 0.399 e. The van der Waals surface area contributed by atoms with Crippen LogP contribution >= 0.6 is 0 Å². The Kier molecular flexibility index (Phi) is 3.24. The summed E-state index contributed by atoms with van der Waals surface area (Å²) >= 11 is 0. The summed E-state index contributed by atoms with van der Waals surface area (Å²) in [6.45, 7) is 7.86. The lowest BCUT2D eigenvalue weighted by atomic mass is 9.50. The zero-order chi connectivity index (χ0) is 17.3. The number of carbonyl (C=O) groups is 1. The minimum absolute atomic E-state index is 0.0620. The van der Waals surface area contributed by atoms with Crippen LogP contribution in [0.3, 0.4) is 0 Å². The number of hydrogen-bond acceptors (Lipinski definition) is 3. The molecule has 1 aromatic carbocycles. The number of amides is 1. The lowest BCUT2D eigenvalue weighted by Crippen LogP contribution is -2.68. The first-order valence-electron chi connectivity index (χ1n) is 8.58. The number of nitrogens with one attached hydrogen (secondary N) is 1. The van der Waals surface area contributed by atoms with E-state index >= 15 is 0 Å². The summed E-state index contributed by atoms with van der Waals surface area (Å²) < 4.78 is 26.2. The molecule has 4 aliphatic rings. The van der Waals surface area contributed by atoms with Gasteiger partial charge in [0.25, 0.3) is 5.91 Å². The van der Waals surface area contributed by atoms with Gasteiger partial charge in [-0.2, -0.15) is 0 Å². The van der Waals surface area contributed by atoms with Crippen LogP contribution in [0.15, 0.2) is 18.2 Å². The Bertz CT molecular complexity index is 685. The molecular weight excluding hydrogens is 308 g/mol. The standard InChI is InChI=1S/C18H23BFNO3/c1-16(2)17(3,4)24-19(23-16)12-5-6-14(20)13(7-12)15(22)21-18-8-11(9-18)10-18/h5-7,11H,8-10H2,1-4H3,(H,21,22). The van der Waals surface area contributed by atoms with Crippen molar-refractivity contribution < 1.29 is 18.5 Å². The molecule has 4 fully saturated rings. The Labute approximate surface area is 142 Å². The van der Waals surface area contributed by atoms with Crippen LogP contribution in [0.4, 0.5) is 4.39 Å². The van der Waals surface area contributed by atoms with E-state index < -0.39 is 24.1 Å². The molecule has 3 aliphatic carbocycles. The molecule has 3 saturated carbocycles. The van der Waals surface area contributed by atoms with Gasteiger partial charge in [-0.05, 0) is 70.5 Å². The van der Waals surface area contributed by atoms with Gasteiger partial charge in [0.15, 0.2) is 0 Å². The first kappa shape index (κ1) is 16.1. The highest BCUT2D eigenvalue weighted by Crippen LogP contribution is 2.57. The van der Waals surface area contributed by atoms with Crippen molar-refractivity contribution >= 4 is 18.5 Å². The summed E-state index contributed by atoms with van der Waals surface area (Å²) in [5.74, 6) is -0.102. The number of carbonyl (C=O) groups excluding carboxylic acids is 1. The van der Waals surface area contributed by atoms with E-state index in [1.807, 2.05) is 27.7 Å². The van der Waals surface area contributed by atoms with E-state index in [2.05, 4.69) is 5.32 Å². The molecule has 0 atom stereocenters. The average molecular weight is 331 g/mol. The summed E-state index contributed by atoms with van der Waals surface area (Å²) in [6.07, 6.45) is 3.08. The van der Waals surface area contributed by atoms with Crippen LogP contribution < -0.4 is 10.8 Å². The highest BCUT2D eigenvalue weighted by Gasteiger charge is 2.57. The normalized spacial score (nSPS) is 32.0. The molecule has 1 heterocycles. The quantitative estimate of drug-likeness (QED) is 0.866. The minimum Gasteiger partial charge on any atom is -0.399 e. The maximum absolute atomic E-state index is 14.2. The molecule has 1 amide bonds. The van der Waals surface area contributed by atoms with Crippen molar-refractivity contribution in [2.45, 2.75) is 63.7 Å². The van der Waals surface area contributed by atoms with Gasteiger partial charge in [-0.15, -0.1) is 0 Å². The minimum atomic E-state index is -0.600. The second-order valence-electron chi connectivity index (χ2n) is 8.54. The van der Waals surface area contributed by atoms with Crippen LogP contribution in [0, 0.1) is 11.7 Å². The summed E-state index contributed by atoms with van der Waals surface area (Å²) in [5, 5.41) is 3.01. The van der Waals surface area contributed by atoms with Gasteiger partial charge in [0.2, 0.25) is 0 Å². The van der Waals surface area contributed by atoms with Crippen molar-refractivity contribution in [3.63, 3.8) is 0 Å². The molecular formula is C18H23BFNO3. The second-order valence-corrected chi connectivity index (χ2v) is 8.54. The Morgan fingerprint density at radius 1 is 1.17 bits per heavy atom. The van der Waals surface area contributed by atoms with Gasteiger partial charge >= 0.3 is 7.12 Å². The van der Waals surface area contributed by atoms with Gasteiger partial charge < -0.3 is 14.6 Å². The van der Waals surface area contributed by atoms with Gasteiger partial charge in [0, 0.05) is 5.54 Å². The molecule has 1 aromatic rings. The van der Waals surface area contributed by atoms with Crippen LogP contribution in [-0.4, -0.2) is 29.8 Å². The van der Waals surface area contributed by atoms with Gasteiger partial charge in [-0.25, -0.2) is 4.39 Å². The summed E-state index contributed by atoms with van der Waals surface area (Å²) in [7, 11) is -0.600. The van der Waals surface area contributed by atoms with E-state index in [1.165, 1.54) is 6.07 Å². The van der Waals surface area contributed by atoms with Gasteiger partial charge in [0.1, 0.15) is 5.82 Å². The maximum Gasteiger partial charge on any atom is 0.494 e. The third-order valence-electron chi connectivity index (χ3n) is 6.18. The predicted octanol–water partition coefficient (Wildman–Crippen LogP) is 2.41. The molecule has 2 bridgehead atoms. The SMILES string of the molecule is CC1(C)OB(c2ccc(F)c(C(=O)NC34CC(C3)C4)c2)OC1(C)C. The number of hydrogen-bond donors (Lipinski definition) is 1. The summed E-state index contributed by atoms with van der Waals surface area (Å²) in [4.78, 5) is 12.5. The molecule has 1 aliphatic heterocycles. The maximum atomic E-state index is 14.2. The molecule has 5 rings (SSSR count). The first-order valence-corrected chi connectivity index (χ1v) is 8.58. The van der Waals surface area contributed by atoms with E-state index in [4.69, 9.17) is 9.31 Å². The Balaban J connectivity index is 1.56. The van der Waals surface area contributed by atoms with Crippen LogP contribution in [0.25, 0.3) is 0 Å². The van der Waals surface area contributed by atoms with Crippen LogP contribution in [-0.2, 0) is 9.31 Å². The molecule has 0 aromatic heterocycles. The fraction of sp³-hybridized carbons (Fsp3) is 0.611. The lowest BCUT2D eigenvalue weighted by molar-refractivity contribution is -0.0439. The van der Waals surface area contributed by atoms with Crippen molar-refractivity contribution in [2.75, 3.05) is 0 Å². The largest absolute Gasteiger partial charge is 0.494 e. The van der Waals surface area contributed by atoms with Crippen LogP contribution in [0.5, 0.6) is 0 Å². The fourth-order valence-electron chi connectivity index (χ4n) is 3.78. The van der Waals surface area contributed by atoms with Gasteiger partial charge in [-0.3, -0.25) is 4.79 Å². The number of halogens is 1.